The van der Waals surface area contributed by atoms with E-state index in [1.165, 1.54) is 33.4 Å². The molecule has 0 aromatic carbocycles. The van der Waals surface area contributed by atoms with Crippen LogP contribution < -0.4 is 0 Å². The van der Waals surface area contributed by atoms with Crippen LogP contribution in [0.1, 0.15) is 112 Å². The number of aromatic nitrogens is 4. The number of hydrogen-bond donors (Lipinski definition) is 2. The standard InChI is InChI=1S/C36H42N4/c1-9-21-22(10-2)30-18-32-25(13-5)26(14-6)34(39-32)20-36-28(16-8)27(15-7)35(40-36)19-33-24(12-4)23(11-3)31(38-33)17-29(21)37-30/h9-10,17-20,37-38H,1-2,11-16H2,3-8H3. The van der Waals surface area contributed by atoms with Crippen molar-refractivity contribution in [2.45, 2.75) is 80.1 Å². The highest BCUT2D eigenvalue weighted by Gasteiger charge is 2.22. The van der Waals surface area contributed by atoms with Crippen LogP contribution in [0.15, 0.2) is 37.4 Å². The number of hydrogen-bond acceptors (Lipinski definition) is 2. The van der Waals surface area contributed by atoms with Crippen LogP contribution in [-0.2, 0) is 12.8 Å². The molecule has 0 spiro atoms. The summed E-state index contributed by atoms with van der Waals surface area (Å²) in [5, 5.41) is 0. The first kappa shape index (κ1) is 27.6. The van der Waals surface area contributed by atoms with Crippen molar-refractivity contribution in [3.8, 4) is 0 Å². The topological polar surface area (TPSA) is 57.4 Å². The molecular formula is C36H42N4. The maximum Gasteiger partial charge on any atom is 0.0694 e. The number of aromatic amines is 2. The Morgan fingerprint density at radius 2 is 0.850 bits per heavy atom. The summed E-state index contributed by atoms with van der Waals surface area (Å²) in [6.07, 6.45) is 9.50. The van der Waals surface area contributed by atoms with Crippen LogP contribution in [0.2, 0.25) is 0 Å². The minimum Gasteiger partial charge on any atom is -0.355 e. The van der Waals surface area contributed by atoms with Gasteiger partial charge in [-0.15, -0.1) is 0 Å². The van der Waals surface area contributed by atoms with Crippen molar-refractivity contribution in [1.29, 1.82) is 0 Å². The molecule has 0 unspecified atom stereocenters. The molecule has 4 heteroatoms. The van der Waals surface area contributed by atoms with Crippen LogP contribution >= 0.6 is 0 Å². The van der Waals surface area contributed by atoms with Gasteiger partial charge in [0, 0.05) is 33.2 Å². The summed E-state index contributed by atoms with van der Waals surface area (Å²) < 4.78 is 0. The Hall–Kier alpha value is -3.92. The Bertz CT molecular complexity index is 1740. The van der Waals surface area contributed by atoms with Crippen molar-refractivity contribution in [2.75, 3.05) is 0 Å². The van der Waals surface area contributed by atoms with Gasteiger partial charge in [0.15, 0.2) is 0 Å². The number of nitrogens with one attached hydrogen (secondary N) is 2. The Morgan fingerprint density at radius 1 is 0.500 bits per heavy atom. The molecule has 40 heavy (non-hydrogen) atoms. The zero-order valence-electron chi connectivity index (χ0n) is 25.0. The second-order valence-electron chi connectivity index (χ2n) is 10.5. The molecule has 5 rings (SSSR count). The van der Waals surface area contributed by atoms with Crippen molar-refractivity contribution >= 4 is 56.5 Å². The predicted octanol–water partition coefficient (Wildman–Crippen LogP) is 10.2. The lowest BCUT2D eigenvalue weighted by Crippen LogP contribution is -1.86. The lowest BCUT2D eigenvalue weighted by molar-refractivity contribution is 1.07. The molecule has 3 aromatic heterocycles. The van der Waals surface area contributed by atoms with Gasteiger partial charge in [-0.2, -0.15) is 0 Å². The van der Waals surface area contributed by atoms with E-state index in [2.05, 4.69) is 88.9 Å². The number of H-pyrrole nitrogens is 2. The van der Waals surface area contributed by atoms with Gasteiger partial charge in [-0.1, -0.05) is 66.9 Å². The highest BCUT2D eigenvalue weighted by molar-refractivity contribution is 5.97. The first-order valence-corrected chi connectivity index (χ1v) is 15.0. The molecule has 0 aliphatic carbocycles. The predicted molar refractivity (Wildman–Crippen MR) is 175 cm³/mol. The van der Waals surface area contributed by atoms with E-state index in [0.717, 1.165) is 94.5 Å². The van der Waals surface area contributed by atoms with Crippen molar-refractivity contribution in [3.63, 3.8) is 0 Å². The molecular weight excluding hydrogens is 488 g/mol. The van der Waals surface area contributed by atoms with E-state index in [9.17, 15) is 0 Å². The van der Waals surface area contributed by atoms with Gasteiger partial charge >= 0.3 is 0 Å². The summed E-state index contributed by atoms with van der Waals surface area (Å²) in [5.41, 5.74) is 18.6. The summed E-state index contributed by atoms with van der Waals surface area (Å²) in [7, 11) is 0. The normalized spacial score (nSPS) is 13.3. The van der Waals surface area contributed by atoms with Crippen LogP contribution in [0.3, 0.4) is 0 Å². The monoisotopic (exact) mass is 530 g/mol. The van der Waals surface area contributed by atoms with Crippen LogP contribution in [0.5, 0.6) is 0 Å². The molecule has 0 fully saturated rings. The molecule has 0 amide bonds. The van der Waals surface area contributed by atoms with E-state index in [-0.39, 0.29) is 0 Å². The molecule has 4 nitrogen and oxygen atoms in total. The molecule has 206 valence electrons. The van der Waals surface area contributed by atoms with Crippen molar-refractivity contribution in [1.82, 2.24) is 19.9 Å². The molecule has 2 aliphatic rings. The SMILES string of the molecule is C=Cc1c(C=C)c2cc3[nH]c(cc4nc(cc5nc(cc1[nH]2)C(CC)=C5CC)C(CC)=C4CC)c(CC)c3CC. The van der Waals surface area contributed by atoms with Gasteiger partial charge in [-0.3, -0.25) is 0 Å². The molecule has 8 bridgehead atoms. The fraction of sp³-hybridized carbons (Fsp3) is 0.333. The lowest BCUT2D eigenvalue weighted by atomic mass is 9.97. The maximum atomic E-state index is 5.25. The smallest absolute Gasteiger partial charge is 0.0694 e. The molecule has 5 heterocycles. The zero-order chi connectivity index (χ0) is 28.6. The largest absolute Gasteiger partial charge is 0.355 e. The van der Waals surface area contributed by atoms with Crippen LogP contribution in [0.4, 0.5) is 0 Å². The van der Waals surface area contributed by atoms with Gasteiger partial charge in [0.1, 0.15) is 0 Å². The highest BCUT2D eigenvalue weighted by atomic mass is 14.8. The third-order valence-corrected chi connectivity index (χ3v) is 8.52. The van der Waals surface area contributed by atoms with Gasteiger partial charge in [-0.05, 0) is 96.2 Å². The van der Waals surface area contributed by atoms with Gasteiger partial charge in [-0.25, -0.2) is 9.97 Å². The van der Waals surface area contributed by atoms with Gasteiger partial charge in [0.25, 0.3) is 0 Å². The van der Waals surface area contributed by atoms with E-state index in [4.69, 9.17) is 9.97 Å². The van der Waals surface area contributed by atoms with Crippen LogP contribution in [0, 0.1) is 0 Å². The van der Waals surface area contributed by atoms with Crippen LogP contribution in [0.25, 0.3) is 56.5 Å². The van der Waals surface area contributed by atoms with Crippen molar-refractivity contribution in [2.24, 2.45) is 0 Å². The number of aryl methyl sites for hydroxylation is 2. The van der Waals surface area contributed by atoms with Gasteiger partial charge in [0.2, 0.25) is 0 Å². The third kappa shape index (κ3) is 4.40. The lowest BCUT2D eigenvalue weighted by Gasteiger charge is -2.04. The average molecular weight is 531 g/mol. The summed E-state index contributed by atoms with van der Waals surface area (Å²) in [6, 6.07) is 8.93. The Kier molecular flexibility index (Phi) is 7.80. The second kappa shape index (κ2) is 11.3. The maximum absolute atomic E-state index is 5.25. The van der Waals surface area contributed by atoms with E-state index in [1.54, 1.807) is 0 Å². The molecule has 0 atom stereocenters. The number of nitrogens with zero attached hydrogens (tertiary/aromatic N) is 2. The minimum absolute atomic E-state index is 0.923. The first-order valence-electron chi connectivity index (χ1n) is 15.0. The molecule has 0 saturated carbocycles. The Morgan fingerprint density at radius 3 is 1.25 bits per heavy atom. The van der Waals surface area contributed by atoms with Crippen molar-refractivity contribution in [3.05, 3.63) is 82.5 Å². The third-order valence-electron chi connectivity index (χ3n) is 8.52. The van der Waals surface area contributed by atoms with E-state index < -0.39 is 0 Å². The summed E-state index contributed by atoms with van der Waals surface area (Å²) >= 11 is 0. The van der Waals surface area contributed by atoms with E-state index >= 15 is 0 Å². The Labute approximate surface area is 238 Å². The minimum atomic E-state index is 0.923. The van der Waals surface area contributed by atoms with Crippen molar-refractivity contribution < 1.29 is 0 Å². The molecule has 0 radical (unpaired) electrons. The Balaban J connectivity index is 2.05. The van der Waals surface area contributed by atoms with Gasteiger partial charge in [0.05, 0.1) is 22.8 Å². The van der Waals surface area contributed by atoms with E-state index in [0.29, 0.717) is 0 Å². The fourth-order valence-corrected chi connectivity index (χ4v) is 6.66. The molecule has 2 N–H and O–H groups in total. The average Bonchev–Trinajstić information content (AvgIpc) is 3.67. The highest BCUT2D eigenvalue weighted by Crippen LogP contribution is 2.39. The summed E-state index contributed by atoms with van der Waals surface area (Å²) in [6.45, 7) is 21.7. The first-order chi connectivity index (χ1) is 19.5. The summed E-state index contributed by atoms with van der Waals surface area (Å²) in [4.78, 5) is 18.0. The molecule has 3 aromatic rings. The molecule has 0 saturated heterocycles. The van der Waals surface area contributed by atoms with Gasteiger partial charge < -0.3 is 9.97 Å². The summed E-state index contributed by atoms with van der Waals surface area (Å²) in [5.74, 6) is 0. The number of fused-ring (bicyclic) bond motifs is 8. The van der Waals surface area contributed by atoms with E-state index in [1.807, 2.05) is 12.2 Å². The number of rotatable bonds is 8. The van der Waals surface area contributed by atoms with Crippen LogP contribution in [-0.4, -0.2) is 19.9 Å². The fourth-order valence-electron chi connectivity index (χ4n) is 6.66. The quantitative estimate of drug-likeness (QED) is 0.304. The zero-order valence-corrected chi connectivity index (χ0v) is 25.0. The molecule has 2 aliphatic heterocycles. The number of allylic oxidation sites excluding steroid dienone is 4. The second-order valence-corrected chi connectivity index (χ2v) is 10.5.